The molecule has 0 radical (unpaired) electrons. The number of azide groups is 1. The Morgan fingerprint density at radius 1 is 1.50 bits per heavy atom. The quantitative estimate of drug-likeness (QED) is 0.320. The lowest BCUT2D eigenvalue weighted by molar-refractivity contribution is 0.560. The van der Waals surface area contributed by atoms with Crippen LogP contribution in [0.3, 0.4) is 0 Å². The highest BCUT2D eigenvalue weighted by Gasteiger charge is 2.00. The third-order valence-electron chi connectivity index (χ3n) is 1.58. The lowest BCUT2D eigenvalue weighted by Crippen LogP contribution is -1.99. The van der Waals surface area contributed by atoms with E-state index in [-0.39, 0.29) is 6.04 Å². The van der Waals surface area contributed by atoms with E-state index >= 15 is 0 Å². The standard InChI is InChI=1S/C7H15N3/c1-3-5-6-7(4-2)9-10-8/h7H,3-6H2,1-2H3/t7-/m1/s1. The molecule has 0 aromatic rings. The molecule has 0 aromatic heterocycles. The first-order valence-corrected chi connectivity index (χ1v) is 3.89. The van der Waals surface area contributed by atoms with Crippen molar-refractivity contribution in [2.45, 2.75) is 45.6 Å². The summed E-state index contributed by atoms with van der Waals surface area (Å²) >= 11 is 0. The van der Waals surface area contributed by atoms with E-state index in [1.807, 2.05) is 0 Å². The molecule has 0 bridgehead atoms. The van der Waals surface area contributed by atoms with Gasteiger partial charge in [-0.3, -0.25) is 0 Å². The molecule has 0 rings (SSSR count). The monoisotopic (exact) mass is 141 g/mol. The zero-order chi connectivity index (χ0) is 7.82. The number of nitrogens with zero attached hydrogens (tertiary/aromatic N) is 3. The fourth-order valence-corrected chi connectivity index (χ4v) is 0.856. The summed E-state index contributed by atoms with van der Waals surface area (Å²) in [7, 11) is 0. The van der Waals surface area contributed by atoms with Crippen molar-refractivity contribution in [1.29, 1.82) is 0 Å². The van der Waals surface area contributed by atoms with Gasteiger partial charge >= 0.3 is 0 Å². The molecule has 0 unspecified atom stereocenters. The number of unbranched alkanes of at least 4 members (excludes halogenated alkanes) is 1. The second-order valence-corrected chi connectivity index (χ2v) is 2.41. The van der Waals surface area contributed by atoms with Gasteiger partial charge in [0.2, 0.25) is 0 Å². The molecule has 0 saturated carbocycles. The van der Waals surface area contributed by atoms with Gasteiger partial charge in [-0.05, 0) is 18.4 Å². The third-order valence-corrected chi connectivity index (χ3v) is 1.58. The van der Waals surface area contributed by atoms with E-state index in [9.17, 15) is 0 Å². The van der Waals surface area contributed by atoms with Crippen LogP contribution in [0.25, 0.3) is 10.4 Å². The van der Waals surface area contributed by atoms with Crippen LogP contribution >= 0.6 is 0 Å². The lowest BCUT2D eigenvalue weighted by Gasteiger charge is -2.04. The van der Waals surface area contributed by atoms with E-state index in [1.165, 1.54) is 6.42 Å². The molecule has 0 aliphatic rings. The molecule has 3 nitrogen and oxygen atoms in total. The van der Waals surface area contributed by atoms with Crippen molar-refractivity contribution in [2.24, 2.45) is 5.11 Å². The summed E-state index contributed by atoms with van der Waals surface area (Å²) < 4.78 is 0. The Balaban J connectivity index is 3.49. The van der Waals surface area contributed by atoms with E-state index in [0.29, 0.717) is 0 Å². The number of hydrogen-bond donors (Lipinski definition) is 0. The van der Waals surface area contributed by atoms with Crippen LogP contribution in [0.5, 0.6) is 0 Å². The van der Waals surface area contributed by atoms with Crippen LogP contribution in [0, 0.1) is 0 Å². The summed E-state index contributed by atoms with van der Waals surface area (Å²) in [6.07, 6.45) is 4.34. The Morgan fingerprint density at radius 3 is 2.60 bits per heavy atom. The summed E-state index contributed by atoms with van der Waals surface area (Å²) in [5.74, 6) is 0. The molecule has 3 heteroatoms. The maximum absolute atomic E-state index is 8.13. The van der Waals surface area contributed by atoms with E-state index in [4.69, 9.17) is 5.53 Å². The molecule has 0 saturated heterocycles. The Kier molecular flexibility index (Phi) is 5.99. The second kappa shape index (κ2) is 6.43. The van der Waals surface area contributed by atoms with E-state index in [0.717, 1.165) is 19.3 Å². The highest BCUT2D eigenvalue weighted by molar-refractivity contribution is 4.63. The average molecular weight is 141 g/mol. The molecule has 10 heavy (non-hydrogen) atoms. The Hall–Kier alpha value is -0.690. The fourth-order valence-electron chi connectivity index (χ4n) is 0.856. The molecule has 0 aliphatic carbocycles. The van der Waals surface area contributed by atoms with Gasteiger partial charge in [-0.15, -0.1) is 0 Å². The van der Waals surface area contributed by atoms with Crippen LogP contribution in [0.2, 0.25) is 0 Å². The Bertz CT molecular complexity index is 116. The molecule has 0 spiro atoms. The number of hydrogen-bond acceptors (Lipinski definition) is 1. The fraction of sp³-hybridized carbons (Fsp3) is 1.00. The van der Waals surface area contributed by atoms with Gasteiger partial charge in [-0.2, -0.15) is 0 Å². The average Bonchev–Trinajstić information content (AvgIpc) is 1.98. The lowest BCUT2D eigenvalue weighted by atomic mass is 10.1. The Morgan fingerprint density at radius 2 is 2.20 bits per heavy atom. The molecule has 1 atom stereocenters. The van der Waals surface area contributed by atoms with Crippen molar-refractivity contribution in [3.63, 3.8) is 0 Å². The van der Waals surface area contributed by atoms with Gasteiger partial charge in [-0.1, -0.05) is 31.8 Å². The summed E-state index contributed by atoms with van der Waals surface area (Å²) in [6, 6.07) is 0.227. The molecule has 58 valence electrons. The number of rotatable bonds is 5. The zero-order valence-electron chi connectivity index (χ0n) is 6.75. The van der Waals surface area contributed by atoms with Crippen molar-refractivity contribution in [1.82, 2.24) is 0 Å². The van der Waals surface area contributed by atoms with Crippen LogP contribution in [-0.2, 0) is 0 Å². The molecule has 0 aliphatic heterocycles. The van der Waals surface area contributed by atoms with E-state index in [1.54, 1.807) is 0 Å². The van der Waals surface area contributed by atoms with Gasteiger partial charge in [0, 0.05) is 11.0 Å². The van der Waals surface area contributed by atoms with Crippen LogP contribution in [-0.4, -0.2) is 6.04 Å². The first-order valence-electron chi connectivity index (χ1n) is 3.89. The molecule has 0 aromatic carbocycles. The van der Waals surface area contributed by atoms with Gasteiger partial charge in [0.1, 0.15) is 0 Å². The van der Waals surface area contributed by atoms with Crippen molar-refractivity contribution in [3.05, 3.63) is 10.4 Å². The van der Waals surface area contributed by atoms with Crippen LogP contribution < -0.4 is 0 Å². The van der Waals surface area contributed by atoms with Crippen molar-refractivity contribution >= 4 is 0 Å². The topological polar surface area (TPSA) is 48.8 Å². The van der Waals surface area contributed by atoms with Gasteiger partial charge < -0.3 is 0 Å². The molecule has 0 fully saturated rings. The molecule has 0 heterocycles. The summed E-state index contributed by atoms with van der Waals surface area (Å²) in [5.41, 5.74) is 8.13. The first-order chi connectivity index (χ1) is 4.85. The van der Waals surface area contributed by atoms with E-state index in [2.05, 4.69) is 23.9 Å². The minimum absolute atomic E-state index is 0.227. The SMILES string of the molecule is CCCC[C@@H](CC)N=[N+]=[N-]. The summed E-state index contributed by atoms with van der Waals surface area (Å²) in [6.45, 7) is 4.19. The maximum Gasteiger partial charge on any atom is 0.0371 e. The smallest absolute Gasteiger partial charge is 0.0371 e. The van der Waals surface area contributed by atoms with Gasteiger partial charge in [-0.25, -0.2) is 0 Å². The van der Waals surface area contributed by atoms with Crippen LogP contribution in [0.4, 0.5) is 0 Å². The van der Waals surface area contributed by atoms with Crippen molar-refractivity contribution in [3.8, 4) is 0 Å². The minimum Gasteiger partial charge on any atom is -0.0906 e. The van der Waals surface area contributed by atoms with Crippen molar-refractivity contribution in [2.75, 3.05) is 0 Å². The summed E-state index contributed by atoms with van der Waals surface area (Å²) in [5, 5.41) is 3.66. The third kappa shape index (κ3) is 4.21. The molecular formula is C7H15N3. The minimum atomic E-state index is 0.227. The predicted molar refractivity (Wildman–Crippen MR) is 42.8 cm³/mol. The largest absolute Gasteiger partial charge is 0.0906 e. The summed E-state index contributed by atoms with van der Waals surface area (Å²) in [4.78, 5) is 2.78. The highest BCUT2D eigenvalue weighted by atomic mass is 15.1. The normalized spacial score (nSPS) is 12.2. The van der Waals surface area contributed by atoms with Gasteiger partial charge in [0.05, 0.1) is 0 Å². The van der Waals surface area contributed by atoms with E-state index < -0.39 is 0 Å². The van der Waals surface area contributed by atoms with Crippen LogP contribution in [0.15, 0.2) is 5.11 Å². The molecular weight excluding hydrogens is 126 g/mol. The maximum atomic E-state index is 8.13. The van der Waals surface area contributed by atoms with Gasteiger partial charge in [0.15, 0.2) is 0 Å². The molecule has 0 N–H and O–H groups in total. The Labute approximate surface area is 62.1 Å². The first kappa shape index (κ1) is 9.31. The molecule has 0 amide bonds. The second-order valence-electron chi connectivity index (χ2n) is 2.41. The van der Waals surface area contributed by atoms with Crippen LogP contribution in [0.1, 0.15) is 39.5 Å². The highest BCUT2D eigenvalue weighted by Crippen LogP contribution is 2.07. The predicted octanol–water partition coefficient (Wildman–Crippen LogP) is 3.27. The zero-order valence-corrected chi connectivity index (χ0v) is 6.75. The van der Waals surface area contributed by atoms with Gasteiger partial charge in [0.25, 0.3) is 0 Å². The van der Waals surface area contributed by atoms with Crippen molar-refractivity contribution < 1.29 is 0 Å².